The molecule has 1 aliphatic rings. The number of hydrogen-bond donors (Lipinski definition) is 0. The van der Waals surface area contributed by atoms with Gasteiger partial charge in [-0.1, -0.05) is 19.9 Å². The molecule has 5 nitrogen and oxygen atoms in total. The molecule has 0 aromatic rings. The fourth-order valence-corrected chi connectivity index (χ4v) is 2.47. The SMILES string of the molecule is C=C(C)C(=O)OCCOCC(=O)OC1(CC)CCCCC1. The van der Waals surface area contributed by atoms with Crippen molar-refractivity contribution in [2.24, 2.45) is 0 Å². The Morgan fingerprint density at radius 3 is 2.38 bits per heavy atom. The zero-order valence-electron chi connectivity index (χ0n) is 13.1. The van der Waals surface area contributed by atoms with E-state index in [1.54, 1.807) is 6.92 Å². The first-order chi connectivity index (χ1) is 9.99. The summed E-state index contributed by atoms with van der Waals surface area (Å²) in [5, 5.41) is 0. The molecule has 0 spiro atoms. The van der Waals surface area contributed by atoms with Gasteiger partial charge in [0.05, 0.1) is 6.61 Å². The highest BCUT2D eigenvalue weighted by Gasteiger charge is 2.33. The highest BCUT2D eigenvalue weighted by molar-refractivity contribution is 5.86. The molecule has 0 saturated heterocycles. The van der Waals surface area contributed by atoms with Crippen molar-refractivity contribution in [2.75, 3.05) is 19.8 Å². The lowest BCUT2D eigenvalue weighted by molar-refractivity contribution is -0.169. The van der Waals surface area contributed by atoms with Crippen LogP contribution in [0.2, 0.25) is 0 Å². The number of carbonyl (C=O) groups excluding carboxylic acids is 2. The Balaban J connectivity index is 2.18. The van der Waals surface area contributed by atoms with E-state index in [-0.39, 0.29) is 31.4 Å². The van der Waals surface area contributed by atoms with Gasteiger partial charge in [0.2, 0.25) is 0 Å². The number of ether oxygens (including phenoxy) is 3. The molecule has 0 amide bonds. The van der Waals surface area contributed by atoms with E-state index in [2.05, 4.69) is 13.5 Å². The van der Waals surface area contributed by atoms with Crippen LogP contribution in [0.4, 0.5) is 0 Å². The average molecular weight is 298 g/mol. The standard InChI is InChI=1S/C16H26O5/c1-4-16(8-6-5-7-9-16)21-14(17)12-19-10-11-20-15(18)13(2)3/h2,4-12H2,1,3H3. The van der Waals surface area contributed by atoms with Gasteiger partial charge in [-0.2, -0.15) is 0 Å². The molecule has 21 heavy (non-hydrogen) atoms. The van der Waals surface area contributed by atoms with E-state index < -0.39 is 5.97 Å². The van der Waals surface area contributed by atoms with Crippen molar-refractivity contribution >= 4 is 11.9 Å². The summed E-state index contributed by atoms with van der Waals surface area (Å²) in [7, 11) is 0. The predicted octanol–water partition coefficient (Wildman–Crippen LogP) is 2.78. The molecule has 0 bridgehead atoms. The topological polar surface area (TPSA) is 61.8 Å². The first-order valence-electron chi connectivity index (χ1n) is 7.61. The van der Waals surface area contributed by atoms with E-state index in [0.717, 1.165) is 32.1 Å². The molecule has 0 heterocycles. The van der Waals surface area contributed by atoms with Gasteiger partial charge in [0.1, 0.15) is 18.8 Å². The molecule has 0 N–H and O–H groups in total. The normalized spacial score (nSPS) is 17.0. The van der Waals surface area contributed by atoms with Crippen molar-refractivity contribution in [1.29, 1.82) is 0 Å². The van der Waals surface area contributed by atoms with Crippen LogP contribution in [0.15, 0.2) is 12.2 Å². The smallest absolute Gasteiger partial charge is 0.333 e. The molecule has 1 fully saturated rings. The van der Waals surface area contributed by atoms with Crippen molar-refractivity contribution in [2.45, 2.75) is 58.0 Å². The van der Waals surface area contributed by atoms with Crippen molar-refractivity contribution in [1.82, 2.24) is 0 Å². The fraction of sp³-hybridized carbons (Fsp3) is 0.750. The second-order valence-corrected chi connectivity index (χ2v) is 5.54. The minimum Gasteiger partial charge on any atom is -0.460 e. The van der Waals surface area contributed by atoms with Gasteiger partial charge in [-0.05, 0) is 39.0 Å². The summed E-state index contributed by atoms with van der Waals surface area (Å²) >= 11 is 0. The zero-order valence-corrected chi connectivity index (χ0v) is 13.1. The fourth-order valence-electron chi connectivity index (χ4n) is 2.47. The Kier molecular flexibility index (Phi) is 7.43. The number of hydrogen-bond acceptors (Lipinski definition) is 5. The van der Waals surface area contributed by atoms with Crippen molar-refractivity contribution in [3.63, 3.8) is 0 Å². The van der Waals surface area contributed by atoms with Crippen LogP contribution in [0.25, 0.3) is 0 Å². The van der Waals surface area contributed by atoms with Crippen molar-refractivity contribution in [3.05, 3.63) is 12.2 Å². The van der Waals surface area contributed by atoms with Gasteiger partial charge in [-0.15, -0.1) is 0 Å². The largest absolute Gasteiger partial charge is 0.460 e. The molecule has 1 rings (SSSR count). The minimum absolute atomic E-state index is 0.105. The zero-order chi connectivity index (χ0) is 15.7. The molecule has 0 unspecified atom stereocenters. The van der Waals surface area contributed by atoms with Gasteiger partial charge in [0.15, 0.2) is 0 Å². The van der Waals surface area contributed by atoms with Crippen LogP contribution >= 0.6 is 0 Å². The molecular formula is C16H26O5. The lowest BCUT2D eigenvalue weighted by Gasteiger charge is -2.35. The van der Waals surface area contributed by atoms with Gasteiger partial charge in [-0.25, -0.2) is 9.59 Å². The molecule has 0 aliphatic heterocycles. The minimum atomic E-state index is -0.451. The first-order valence-corrected chi connectivity index (χ1v) is 7.61. The highest BCUT2D eigenvalue weighted by atomic mass is 16.6. The molecule has 1 saturated carbocycles. The number of esters is 2. The van der Waals surface area contributed by atoms with Crippen LogP contribution in [-0.2, 0) is 23.8 Å². The predicted molar refractivity (Wildman–Crippen MR) is 78.8 cm³/mol. The second kappa shape index (κ2) is 8.82. The van der Waals surface area contributed by atoms with E-state index in [1.165, 1.54) is 6.42 Å². The monoisotopic (exact) mass is 298 g/mol. The Morgan fingerprint density at radius 2 is 1.81 bits per heavy atom. The summed E-state index contributed by atoms with van der Waals surface area (Å²) in [6, 6.07) is 0. The van der Waals surface area contributed by atoms with E-state index in [9.17, 15) is 9.59 Å². The molecule has 5 heteroatoms. The van der Waals surface area contributed by atoms with E-state index in [4.69, 9.17) is 14.2 Å². The summed E-state index contributed by atoms with van der Waals surface area (Å²) < 4.78 is 15.6. The van der Waals surface area contributed by atoms with E-state index in [1.807, 2.05) is 0 Å². The molecule has 0 atom stereocenters. The van der Waals surface area contributed by atoms with Crippen LogP contribution < -0.4 is 0 Å². The number of rotatable bonds is 8. The first kappa shape index (κ1) is 17.7. The van der Waals surface area contributed by atoms with E-state index in [0.29, 0.717) is 5.57 Å². The van der Waals surface area contributed by atoms with Crippen LogP contribution in [0, 0.1) is 0 Å². The van der Waals surface area contributed by atoms with Gasteiger partial charge >= 0.3 is 11.9 Å². The summed E-state index contributed by atoms with van der Waals surface area (Å²) in [6.07, 6.45) is 6.15. The third kappa shape index (κ3) is 6.29. The number of carbonyl (C=O) groups is 2. The van der Waals surface area contributed by atoms with Crippen LogP contribution in [0.3, 0.4) is 0 Å². The van der Waals surface area contributed by atoms with Gasteiger partial charge < -0.3 is 14.2 Å². The molecule has 120 valence electrons. The molecule has 0 aromatic carbocycles. The van der Waals surface area contributed by atoms with Crippen LogP contribution in [0.5, 0.6) is 0 Å². The maximum Gasteiger partial charge on any atom is 0.333 e. The third-order valence-corrected chi connectivity index (χ3v) is 3.77. The second-order valence-electron chi connectivity index (χ2n) is 5.54. The van der Waals surface area contributed by atoms with Crippen LogP contribution in [-0.4, -0.2) is 37.4 Å². The molecule has 0 radical (unpaired) electrons. The van der Waals surface area contributed by atoms with Gasteiger partial charge in [0, 0.05) is 5.57 Å². The highest BCUT2D eigenvalue weighted by Crippen LogP contribution is 2.34. The molecule has 1 aliphatic carbocycles. The summed E-state index contributed by atoms with van der Waals surface area (Å²) in [5.41, 5.74) is 0.0436. The summed E-state index contributed by atoms with van der Waals surface area (Å²) in [5.74, 6) is -0.793. The molecular weight excluding hydrogens is 272 g/mol. The Hall–Kier alpha value is -1.36. The quantitative estimate of drug-likeness (QED) is 0.392. The van der Waals surface area contributed by atoms with E-state index >= 15 is 0 Å². The molecule has 0 aromatic heterocycles. The average Bonchev–Trinajstić information content (AvgIpc) is 2.47. The summed E-state index contributed by atoms with van der Waals surface area (Å²) in [6.45, 7) is 7.28. The van der Waals surface area contributed by atoms with Crippen LogP contribution in [0.1, 0.15) is 52.4 Å². The maximum atomic E-state index is 11.8. The lowest BCUT2D eigenvalue weighted by atomic mass is 9.83. The Labute approximate surface area is 126 Å². The Bertz CT molecular complexity index is 369. The summed E-state index contributed by atoms with van der Waals surface area (Å²) in [4.78, 5) is 22.9. The third-order valence-electron chi connectivity index (χ3n) is 3.77. The van der Waals surface area contributed by atoms with Crippen molar-refractivity contribution < 1.29 is 23.8 Å². The van der Waals surface area contributed by atoms with Gasteiger partial charge in [0.25, 0.3) is 0 Å². The lowest BCUT2D eigenvalue weighted by Crippen LogP contribution is -2.37. The maximum absolute atomic E-state index is 11.8. The Morgan fingerprint density at radius 1 is 1.14 bits per heavy atom. The van der Waals surface area contributed by atoms with Crippen molar-refractivity contribution in [3.8, 4) is 0 Å². The van der Waals surface area contributed by atoms with Gasteiger partial charge in [-0.3, -0.25) is 0 Å².